The largest absolute Gasteiger partial charge is 0.346 e. The van der Waals surface area contributed by atoms with Gasteiger partial charge in [-0.05, 0) is 28.1 Å². The van der Waals surface area contributed by atoms with Crippen LogP contribution in [0.5, 0.6) is 0 Å². The normalized spacial score (nSPS) is 10.7. The predicted molar refractivity (Wildman–Crippen MR) is 48.8 cm³/mol. The van der Waals surface area contributed by atoms with E-state index < -0.39 is 0 Å². The summed E-state index contributed by atoms with van der Waals surface area (Å²) >= 11 is 9.06. The van der Waals surface area contributed by atoms with Crippen LogP contribution in [0.2, 0.25) is 5.15 Å². The molecule has 4 heteroatoms. The number of halogens is 2. The Hall–Kier alpha value is -0.540. The van der Waals surface area contributed by atoms with Crippen LogP contribution in [0, 0.1) is 0 Å². The van der Waals surface area contributed by atoms with Crippen molar-refractivity contribution in [1.29, 1.82) is 0 Å². The maximum Gasteiger partial charge on any atom is 0.145 e. The van der Waals surface area contributed by atoms with E-state index in [1.54, 1.807) is 0 Å². The lowest BCUT2D eigenvalue weighted by atomic mass is 10.3. The summed E-state index contributed by atoms with van der Waals surface area (Å²) in [6, 6.07) is 3.88. The SMILES string of the molecule is Clc1nc2[nH]ccc2cc1Br. The van der Waals surface area contributed by atoms with Gasteiger partial charge in [0, 0.05) is 11.6 Å². The first kappa shape index (κ1) is 7.13. The Balaban J connectivity index is 2.86. The van der Waals surface area contributed by atoms with Gasteiger partial charge in [-0.1, -0.05) is 11.6 Å². The molecule has 0 amide bonds. The zero-order chi connectivity index (χ0) is 7.84. The Kier molecular flexibility index (Phi) is 1.62. The van der Waals surface area contributed by atoms with E-state index >= 15 is 0 Å². The first-order chi connectivity index (χ1) is 5.27. The van der Waals surface area contributed by atoms with Crippen molar-refractivity contribution in [3.63, 3.8) is 0 Å². The third-order valence-corrected chi connectivity index (χ3v) is 2.57. The highest BCUT2D eigenvalue weighted by atomic mass is 79.9. The van der Waals surface area contributed by atoms with E-state index in [1.807, 2.05) is 18.3 Å². The van der Waals surface area contributed by atoms with Crippen molar-refractivity contribution in [3.05, 3.63) is 28.0 Å². The van der Waals surface area contributed by atoms with Crippen molar-refractivity contribution < 1.29 is 0 Å². The average Bonchev–Trinajstić information content (AvgIpc) is 2.36. The third-order valence-electron chi connectivity index (χ3n) is 1.45. The molecule has 0 aliphatic carbocycles. The van der Waals surface area contributed by atoms with E-state index in [9.17, 15) is 0 Å². The molecular formula is C7H4BrClN2. The molecule has 0 radical (unpaired) electrons. The van der Waals surface area contributed by atoms with Crippen LogP contribution in [0.1, 0.15) is 0 Å². The maximum atomic E-state index is 5.77. The lowest BCUT2D eigenvalue weighted by Gasteiger charge is -1.93. The number of aromatic nitrogens is 2. The maximum absolute atomic E-state index is 5.77. The van der Waals surface area contributed by atoms with E-state index in [-0.39, 0.29) is 0 Å². The molecule has 0 spiro atoms. The lowest BCUT2D eigenvalue weighted by Crippen LogP contribution is -1.78. The van der Waals surface area contributed by atoms with E-state index in [2.05, 4.69) is 25.9 Å². The quantitative estimate of drug-likeness (QED) is 0.694. The molecule has 0 unspecified atom stereocenters. The second kappa shape index (κ2) is 2.50. The van der Waals surface area contributed by atoms with Crippen molar-refractivity contribution in [2.75, 3.05) is 0 Å². The van der Waals surface area contributed by atoms with E-state index in [4.69, 9.17) is 11.6 Å². The van der Waals surface area contributed by atoms with Gasteiger partial charge in [-0.15, -0.1) is 0 Å². The molecule has 0 bridgehead atoms. The van der Waals surface area contributed by atoms with Gasteiger partial charge >= 0.3 is 0 Å². The number of hydrogen-bond donors (Lipinski definition) is 1. The smallest absolute Gasteiger partial charge is 0.145 e. The number of fused-ring (bicyclic) bond motifs is 1. The highest BCUT2D eigenvalue weighted by Crippen LogP contribution is 2.23. The Morgan fingerprint density at radius 1 is 1.55 bits per heavy atom. The molecule has 2 nitrogen and oxygen atoms in total. The van der Waals surface area contributed by atoms with Crippen molar-refractivity contribution in [1.82, 2.24) is 9.97 Å². The summed E-state index contributed by atoms with van der Waals surface area (Å²) in [7, 11) is 0. The van der Waals surface area contributed by atoms with Crippen LogP contribution in [0.4, 0.5) is 0 Å². The monoisotopic (exact) mass is 230 g/mol. The van der Waals surface area contributed by atoms with Gasteiger partial charge in [0.15, 0.2) is 0 Å². The minimum absolute atomic E-state index is 0.486. The predicted octanol–water partition coefficient (Wildman–Crippen LogP) is 2.98. The average molecular weight is 231 g/mol. The van der Waals surface area contributed by atoms with Crippen LogP contribution < -0.4 is 0 Å². The molecule has 2 heterocycles. The number of nitrogens with zero attached hydrogens (tertiary/aromatic N) is 1. The molecule has 0 fully saturated rings. The standard InChI is InChI=1S/C7H4BrClN2/c8-5-3-4-1-2-10-7(4)11-6(5)9/h1-3H,(H,10,11). The van der Waals surface area contributed by atoms with Gasteiger partial charge < -0.3 is 4.98 Å². The minimum atomic E-state index is 0.486. The van der Waals surface area contributed by atoms with Gasteiger partial charge in [0.05, 0.1) is 4.47 Å². The summed E-state index contributed by atoms with van der Waals surface area (Å²) in [5, 5.41) is 1.54. The van der Waals surface area contributed by atoms with Gasteiger partial charge in [0.1, 0.15) is 10.8 Å². The van der Waals surface area contributed by atoms with Crippen molar-refractivity contribution in [2.45, 2.75) is 0 Å². The fourth-order valence-corrected chi connectivity index (χ4v) is 1.41. The fraction of sp³-hybridized carbons (Fsp3) is 0. The van der Waals surface area contributed by atoms with Gasteiger partial charge in [-0.3, -0.25) is 0 Å². The number of rotatable bonds is 0. The summed E-state index contributed by atoms with van der Waals surface area (Å²) < 4.78 is 0.825. The van der Waals surface area contributed by atoms with Crippen LogP contribution in [0.25, 0.3) is 11.0 Å². The molecule has 0 atom stereocenters. The summed E-state index contributed by atoms with van der Waals surface area (Å²) in [4.78, 5) is 7.07. The van der Waals surface area contributed by atoms with Crippen molar-refractivity contribution in [2.24, 2.45) is 0 Å². The third kappa shape index (κ3) is 1.14. The molecule has 56 valence electrons. The number of H-pyrrole nitrogens is 1. The molecule has 0 aromatic carbocycles. The van der Waals surface area contributed by atoms with E-state index in [0.717, 1.165) is 15.5 Å². The molecule has 0 aliphatic rings. The Morgan fingerprint density at radius 2 is 2.36 bits per heavy atom. The highest BCUT2D eigenvalue weighted by Gasteiger charge is 2.01. The molecule has 0 aliphatic heterocycles. The molecule has 2 rings (SSSR count). The van der Waals surface area contributed by atoms with E-state index in [1.165, 1.54) is 0 Å². The Labute approximate surface area is 76.7 Å². The molecule has 0 saturated heterocycles. The molecular weight excluding hydrogens is 227 g/mol. The molecule has 2 aromatic heterocycles. The molecule has 1 N–H and O–H groups in total. The van der Waals surface area contributed by atoms with Crippen molar-refractivity contribution >= 4 is 38.6 Å². The van der Waals surface area contributed by atoms with Crippen LogP contribution in [0.15, 0.2) is 22.8 Å². The number of pyridine rings is 1. The fourth-order valence-electron chi connectivity index (χ4n) is 0.934. The van der Waals surface area contributed by atoms with Gasteiger partial charge in [-0.25, -0.2) is 4.98 Å². The van der Waals surface area contributed by atoms with Crippen LogP contribution >= 0.6 is 27.5 Å². The highest BCUT2D eigenvalue weighted by molar-refractivity contribution is 9.10. The number of nitrogens with one attached hydrogen (secondary N) is 1. The molecule has 11 heavy (non-hydrogen) atoms. The second-order valence-corrected chi connectivity index (χ2v) is 3.39. The zero-order valence-electron chi connectivity index (χ0n) is 5.44. The number of hydrogen-bond acceptors (Lipinski definition) is 1. The molecule has 2 aromatic rings. The lowest BCUT2D eigenvalue weighted by molar-refractivity contribution is 1.31. The van der Waals surface area contributed by atoms with Gasteiger partial charge in [-0.2, -0.15) is 0 Å². The number of aromatic amines is 1. The second-order valence-electron chi connectivity index (χ2n) is 2.18. The van der Waals surface area contributed by atoms with Crippen LogP contribution in [-0.2, 0) is 0 Å². The summed E-state index contributed by atoms with van der Waals surface area (Å²) in [5.74, 6) is 0. The van der Waals surface area contributed by atoms with Gasteiger partial charge in [0.25, 0.3) is 0 Å². The summed E-state index contributed by atoms with van der Waals surface area (Å²) in [5.41, 5.74) is 0.818. The summed E-state index contributed by atoms with van der Waals surface area (Å²) in [6.07, 6.45) is 1.83. The minimum Gasteiger partial charge on any atom is -0.346 e. The van der Waals surface area contributed by atoms with Crippen LogP contribution in [0.3, 0.4) is 0 Å². The summed E-state index contributed by atoms with van der Waals surface area (Å²) in [6.45, 7) is 0. The van der Waals surface area contributed by atoms with E-state index in [0.29, 0.717) is 5.15 Å². The Bertz CT molecular complexity index is 360. The zero-order valence-corrected chi connectivity index (χ0v) is 7.78. The topological polar surface area (TPSA) is 28.7 Å². The van der Waals surface area contributed by atoms with Crippen molar-refractivity contribution in [3.8, 4) is 0 Å². The Morgan fingerprint density at radius 3 is 3.18 bits per heavy atom. The van der Waals surface area contributed by atoms with Crippen LogP contribution in [-0.4, -0.2) is 9.97 Å². The van der Waals surface area contributed by atoms with Gasteiger partial charge in [0.2, 0.25) is 0 Å². The molecule has 0 saturated carbocycles. The first-order valence-electron chi connectivity index (χ1n) is 3.06. The first-order valence-corrected chi connectivity index (χ1v) is 4.23.